The van der Waals surface area contributed by atoms with Gasteiger partial charge in [-0.15, -0.1) is 0 Å². The molecule has 50 heavy (non-hydrogen) atoms. The van der Waals surface area contributed by atoms with E-state index in [0.717, 1.165) is 83.2 Å². The number of phenols is 2. The van der Waals surface area contributed by atoms with Gasteiger partial charge in [0.25, 0.3) is 5.91 Å². The standard InChI is InChI=1S/C28H37BrN4O3.C12H18O2/c1-5-36-30-26(22-6-8-24(29)9-7-22)23-11-15-32(16-12-23)28(4)13-18-31(19-14-28)27(34)25-20(2)10-17-33(35)21(25)3;1-2-3-4-5-6-10-7-8-11(13)9-12(10)14/h6-10,17,23H,5,11-16,18-19H2,1-4H3;7-9,13-14H,2-6H2,1H3/b30-26-;. The third kappa shape index (κ3) is 10.2. The Balaban J connectivity index is 0.000000337. The van der Waals surface area contributed by atoms with Crippen LogP contribution in [-0.2, 0) is 11.3 Å². The summed E-state index contributed by atoms with van der Waals surface area (Å²) >= 11 is 3.52. The summed E-state index contributed by atoms with van der Waals surface area (Å²) in [6.07, 6.45) is 11.1. The second kappa shape index (κ2) is 18.6. The van der Waals surface area contributed by atoms with E-state index in [1.165, 1.54) is 31.5 Å². The second-order valence-corrected chi connectivity index (χ2v) is 14.8. The van der Waals surface area contributed by atoms with Gasteiger partial charge in [0.15, 0.2) is 6.20 Å². The van der Waals surface area contributed by atoms with Gasteiger partial charge in [-0.2, -0.15) is 4.73 Å². The number of aromatic hydroxyl groups is 2. The largest absolute Gasteiger partial charge is 0.618 e. The van der Waals surface area contributed by atoms with Crippen molar-refractivity contribution in [3.63, 3.8) is 0 Å². The number of aryl methyl sites for hydroxylation is 2. The summed E-state index contributed by atoms with van der Waals surface area (Å²) in [6.45, 7) is 14.1. The maximum atomic E-state index is 13.3. The number of halogens is 1. The van der Waals surface area contributed by atoms with E-state index in [1.54, 1.807) is 25.1 Å². The summed E-state index contributed by atoms with van der Waals surface area (Å²) in [5.41, 5.74) is 5.04. The molecule has 2 saturated heterocycles. The van der Waals surface area contributed by atoms with Crippen LogP contribution in [0, 0.1) is 25.0 Å². The van der Waals surface area contributed by atoms with Crippen LogP contribution in [0.25, 0.3) is 0 Å². The Kier molecular flexibility index (Phi) is 14.5. The number of carbonyl (C=O) groups excluding carboxylic acids is 1. The number of hydrogen-bond acceptors (Lipinski definition) is 7. The van der Waals surface area contributed by atoms with E-state index in [4.69, 9.17) is 9.94 Å². The highest BCUT2D eigenvalue weighted by atomic mass is 79.9. The number of rotatable bonds is 11. The van der Waals surface area contributed by atoms with Gasteiger partial charge in [-0.05, 0) is 107 Å². The zero-order valence-electron chi connectivity index (χ0n) is 30.5. The molecule has 2 fully saturated rings. The molecular weight excluding hydrogens is 696 g/mol. The number of amides is 1. The first kappa shape index (κ1) is 39.2. The van der Waals surface area contributed by atoms with Gasteiger partial charge < -0.3 is 25.2 Å². The van der Waals surface area contributed by atoms with Crippen LogP contribution in [0.2, 0.25) is 0 Å². The minimum absolute atomic E-state index is 0.0257. The molecule has 0 unspecified atom stereocenters. The Morgan fingerprint density at radius 1 is 1.00 bits per heavy atom. The van der Waals surface area contributed by atoms with Crippen molar-refractivity contribution < 1.29 is 24.6 Å². The molecule has 0 atom stereocenters. The van der Waals surface area contributed by atoms with E-state index in [-0.39, 0.29) is 22.9 Å². The zero-order chi connectivity index (χ0) is 36.3. The van der Waals surface area contributed by atoms with Crippen molar-refractivity contribution in [3.05, 3.63) is 92.4 Å². The highest BCUT2D eigenvalue weighted by Crippen LogP contribution is 2.34. The van der Waals surface area contributed by atoms with Crippen molar-refractivity contribution >= 4 is 27.5 Å². The second-order valence-electron chi connectivity index (χ2n) is 13.9. The summed E-state index contributed by atoms with van der Waals surface area (Å²) in [5.74, 6) is 0.672. The molecule has 2 aromatic carbocycles. The molecule has 2 aliphatic heterocycles. The number of phenolic OH excluding ortho intramolecular Hbond substituents is 2. The molecule has 0 spiro atoms. The summed E-state index contributed by atoms with van der Waals surface area (Å²) in [4.78, 5) is 23.3. The molecule has 2 aliphatic rings. The van der Waals surface area contributed by atoms with E-state index >= 15 is 0 Å². The van der Waals surface area contributed by atoms with Gasteiger partial charge in [0.1, 0.15) is 23.7 Å². The normalized spacial score (nSPS) is 16.8. The molecule has 0 radical (unpaired) electrons. The maximum Gasteiger partial charge on any atom is 0.260 e. The van der Waals surface area contributed by atoms with Crippen LogP contribution in [0.5, 0.6) is 11.5 Å². The molecule has 2 N–H and O–H groups in total. The highest BCUT2D eigenvalue weighted by Gasteiger charge is 2.40. The molecule has 0 saturated carbocycles. The van der Waals surface area contributed by atoms with Crippen LogP contribution in [0.3, 0.4) is 0 Å². The lowest BCUT2D eigenvalue weighted by Gasteiger charge is -2.49. The van der Waals surface area contributed by atoms with Crippen molar-refractivity contribution in [1.29, 1.82) is 0 Å². The number of piperidine rings is 2. The molecule has 10 heteroatoms. The van der Waals surface area contributed by atoms with Gasteiger partial charge in [-0.3, -0.25) is 9.69 Å². The smallest absolute Gasteiger partial charge is 0.260 e. The average Bonchev–Trinajstić information content (AvgIpc) is 3.11. The minimum Gasteiger partial charge on any atom is -0.618 e. The van der Waals surface area contributed by atoms with Crippen molar-refractivity contribution in [3.8, 4) is 11.5 Å². The number of pyridine rings is 1. The monoisotopic (exact) mass is 750 g/mol. The zero-order valence-corrected chi connectivity index (χ0v) is 32.0. The summed E-state index contributed by atoms with van der Waals surface area (Å²) in [7, 11) is 0. The molecular formula is C40H55BrN4O5. The molecule has 9 nitrogen and oxygen atoms in total. The van der Waals surface area contributed by atoms with Crippen LogP contribution in [0.15, 0.2) is 64.4 Å². The Morgan fingerprint density at radius 3 is 2.30 bits per heavy atom. The molecule has 272 valence electrons. The molecule has 0 aliphatic carbocycles. The molecule has 3 aromatic rings. The first-order valence-electron chi connectivity index (χ1n) is 18.2. The van der Waals surface area contributed by atoms with Gasteiger partial charge in [-0.25, -0.2) is 0 Å². The lowest BCUT2D eigenvalue weighted by molar-refractivity contribution is -0.612. The molecule has 0 bridgehead atoms. The third-order valence-corrected chi connectivity index (χ3v) is 10.9. The van der Waals surface area contributed by atoms with Gasteiger partial charge in [0.05, 0.1) is 5.71 Å². The van der Waals surface area contributed by atoms with E-state index in [1.807, 2.05) is 18.7 Å². The molecule has 1 aromatic heterocycles. The van der Waals surface area contributed by atoms with Crippen LogP contribution in [-0.4, -0.2) is 70.0 Å². The lowest BCUT2D eigenvalue weighted by atomic mass is 9.82. The van der Waals surface area contributed by atoms with Crippen molar-refractivity contribution in [2.24, 2.45) is 11.1 Å². The van der Waals surface area contributed by atoms with E-state index in [9.17, 15) is 15.1 Å². The van der Waals surface area contributed by atoms with Crippen LogP contribution < -0.4 is 4.73 Å². The number of hydrogen-bond donors (Lipinski definition) is 2. The van der Waals surface area contributed by atoms with Gasteiger partial charge in [-0.1, -0.05) is 65.5 Å². The van der Waals surface area contributed by atoms with E-state index < -0.39 is 0 Å². The number of nitrogens with zero attached hydrogens (tertiary/aromatic N) is 4. The summed E-state index contributed by atoms with van der Waals surface area (Å²) in [6, 6.07) is 14.8. The quantitative estimate of drug-likeness (QED) is 0.0674. The Bertz CT molecular complexity index is 1580. The number of oxime groups is 1. The minimum atomic E-state index is -0.0257. The topological polar surface area (TPSA) is 113 Å². The molecule has 5 rings (SSSR count). The maximum absolute atomic E-state index is 13.3. The SMILES string of the molecule is CCCCCCc1ccc(O)cc1O.CCO/N=C(/c1ccc(Br)cc1)C1CCN(C2(C)CCN(C(=O)c3c(C)cc[n+]([O-])c3C)CC2)CC1. The predicted molar refractivity (Wildman–Crippen MR) is 203 cm³/mol. The van der Waals surface area contributed by atoms with Crippen molar-refractivity contribution in [2.45, 2.75) is 97.9 Å². The van der Waals surface area contributed by atoms with Gasteiger partial charge in [0, 0.05) is 48.1 Å². The summed E-state index contributed by atoms with van der Waals surface area (Å²) < 4.78 is 1.84. The average molecular weight is 752 g/mol. The van der Waals surface area contributed by atoms with Crippen molar-refractivity contribution in [2.75, 3.05) is 32.8 Å². The first-order chi connectivity index (χ1) is 24.0. The predicted octanol–water partition coefficient (Wildman–Crippen LogP) is 8.07. The number of aromatic nitrogens is 1. The Morgan fingerprint density at radius 2 is 1.68 bits per heavy atom. The van der Waals surface area contributed by atoms with Crippen LogP contribution in [0.1, 0.15) is 105 Å². The van der Waals surface area contributed by atoms with Gasteiger partial charge in [0.2, 0.25) is 5.69 Å². The fraction of sp³-hybridized carbons (Fsp3) is 0.525. The molecule has 1 amide bonds. The van der Waals surface area contributed by atoms with Crippen LogP contribution >= 0.6 is 15.9 Å². The highest BCUT2D eigenvalue weighted by molar-refractivity contribution is 9.10. The lowest BCUT2D eigenvalue weighted by Crippen LogP contribution is -2.57. The first-order valence-corrected chi connectivity index (χ1v) is 19.0. The fourth-order valence-corrected chi connectivity index (χ4v) is 7.34. The third-order valence-electron chi connectivity index (χ3n) is 10.3. The summed E-state index contributed by atoms with van der Waals surface area (Å²) in [5, 5.41) is 35.1. The van der Waals surface area contributed by atoms with E-state index in [2.05, 4.69) is 64.1 Å². The van der Waals surface area contributed by atoms with E-state index in [0.29, 0.717) is 36.9 Å². The number of unbranched alkanes of at least 4 members (excludes halogenated alkanes) is 3. The van der Waals surface area contributed by atoms with Crippen molar-refractivity contribution in [1.82, 2.24) is 9.80 Å². The Labute approximate surface area is 306 Å². The molecule has 3 heterocycles. The van der Waals surface area contributed by atoms with Gasteiger partial charge >= 0.3 is 0 Å². The van der Waals surface area contributed by atoms with Crippen LogP contribution in [0.4, 0.5) is 0 Å². The number of carbonyl (C=O) groups is 1. The number of benzene rings is 2. The Hall–Kier alpha value is -3.63. The number of likely N-dealkylation sites (tertiary alicyclic amines) is 2. The fourth-order valence-electron chi connectivity index (χ4n) is 7.08.